The van der Waals surface area contributed by atoms with Gasteiger partial charge in [0.2, 0.25) is 0 Å². The first-order valence-corrected chi connectivity index (χ1v) is 18.9. The normalized spacial score (nSPS) is 11.6. The number of nitrogens with zero attached hydrogens (tertiary/aromatic N) is 3. The Balaban J connectivity index is 1.04. The van der Waals surface area contributed by atoms with E-state index in [2.05, 4.69) is 168 Å². The van der Waals surface area contributed by atoms with Crippen LogP contribution in [0.15, 0.2) is 205 Å². The molecule has 262 valence electrons. The van der Waals surface area contributed by atoms with Crippen LogP contribution in [0.3, 0.4) is 0 Å². The fraction of sp³-hybridized carbons (Fsp3) is 0. The van der Waals surface area contributed by atoms with Crippen molar-refractivity contribution in [1.29, 1.82) is 0 Å². The minimum atomic E-state index is 0.698. The van der Waals surface area contributed by atoms with E-state index in [1.807, 2.05) is 36.4 Å². The molecule has 3 heterocycles. The summed E-state index contributed by atoms with van der Waals surface area (Å²) in [6, 6.07) is 70.3. The first kappa shape index (κ1) is 31.9. The number of aromatic nitrogens is 3. The molecule has 0 aliphatic carbocycles. The maximum absolute atomic E-state index is 6.18. The average Bonchev–Trinajstić information content (AvgIpc) is 3.82. The van der Waals surface area contributed by atoms with E-state index in [1.165, 1.54) is 16.3 Å². The second-order valence-electron chi connectivity index (χ2n) is 14.1. The monoisotopic (exact) mass is 715 g/mol. The number of para-hydroxylation sites is 2. The van der Waals surface area contributed by atoms with Crippen LogP contribution in [0.25, 0.3) is 106 Å². The Morgan fingerprint density at radius 3 is 1.77 bits per heavy atom. The highest BCUT2D eigenvalue weighted by Crippen LogP contribution is 2.41. The van der Waals surface area contributed by atoms with E-state index in [1.54, 1.807) is 0 Å². The highest BCUT2D eigenvalue weighted by Gasteiger charge is 2.18. The highest BCUT2D eigenvalue weighted by molar-refractivity contribution is 6.16. The Morgan fingerprint density at radius 1 is 0.357 bits per heavy atom. The Labute approximate surface area is 323 Å². The van der Waals surface area contributed by atoms with E-state index >= 15 is 0 Å². The van der Waals surface area contributed by atoms with Gasteiger partial charge in [-0.1, -0.05) is 158 Å². The standard InChI is InChI=1S/C52H33N3O/c1-3-14-34(15-4-1)39-18-7-8-19-41(39)46-33-45(53-52(54-46)37-16-5-2-6-17-37)36-28-26-35(27-29-36)40-22-13-24-48-51(40)43-21-9-11-23-47(43)55(48)38-30-31-50-44(32-38)42-20-10-12-25-49(42)56-50/h1-33H. The molecule has 11 aromatic rings. The molecule has 0 fully saturated rings. The van der Waals surface area contributed by atoms with Gasteiger partial charge in [0.15, 0.2) is 5.82 Å². The molecule has 4 nitrogen and oxygen atoms in total. The van der Waals surface area contributed by atoms with E-state index < -0.39 is 0 Å². The van der Waals surface area contributed by atoms with Gasteiger partial charge in [0.1, 0.15) is 11.2 Å². The minimum Gasteiger partial charge on any atom is -0.456 e. The number of benzene rings is 8. The Hall–Kier alpha value is -7.56. The van der Waals surface area contributed by atoms with Crippen molar-refractivity contribution < 1.29 is 4.42 Å². The molecule has 8 aromatic carbocycles. The molecular formula is C52H33N3O. The summed E-state index contributed by atoms with van der Waals surface area (Å²) < 4.78 is 8.56. The van der Waals surface area contributed by atoms with Crippen LogP contribution in [0.4, 0.5) is 0 Å². The van der Waals surface area contributed by atoms with E-state index in [0.29, 0.717) is 5.82 Å². The van der Waals surface area contributed by atoms with Crippen LogP contribution in [0, 0.1) is 0 Å². The van der Waals surface area contributed by atoms with Crippen molar-refractivity contribution in [3.05, 3.63) is 200 Å². The second-order valence-corrected chi connectivity index (χ2v) is 14.1. The molecule has 0 aliphatic rings. The van der Waals surface area contributed by atoms with Crippen LogP contribution in [0.1, 0.15) is 0 Å². The summed E-state index contributed by atoms with van der Waals surface area (Å²) in [5.74, 6) is 0.698. The zero-order valence-corrected chi connectivity index (χ0v) is 30.3. The molecule has 0 N–H and O–H groups in total. The summed E-state index contributed by atoms with van der Waals surface area (Å²) in [5, 5.41) is 4.67. The van der Waals surface area contributed by atoms with Crippen LogP contribution in [-0.4, -0.2) is 14.5 Å². The van der Waals surface area contributed by atoms with E-state index in [-0.39, 0.29) is 0 Å². The summed E-state index contributed by atoms with van der Waals surface area (Å²) >= 11 is 0. The molecule has 0 saturated heterocycles. The minimum absolute atomic E-state index is 0.698. The third-order valence-corrected chi connectivity index (χ3v) is 10.9. The number of fused-ring (bicyclic) bond motifs is 6. The van der Waals surface area contributed by atoms with Crippen LogP contribution in [-0.2, 0) is 0 Å². The van der Waals surface area contributed by atoms with Crippen LogP contribution < -0.4 is 0 Å². The molecule has 11 rings (SSSR count). The second kappa shape index (κ2) is 13.1. The zero-order chi connectivity index (χ0) is 37.0. The summed E-state index contributed by atoms with van der Waals surface area (Å²) in [6.45, 7) is 0. The lowest BCUT2D eigenvalue weighted by Gasteiger charge is -2.13. The summed E-state index contributed by atoms with van der Waals surface area (Å²) in [5.41, 5.74) is 14.7. The Kier molecular flexibility index (Phi) is 7.46. The van der Waals surface area contributed by atoms with Crippen molar-refractivity contribution in [2.45, 2.75) is 0 Å². The first-order chi connectivity index (χ1) is 27.8. The third-order valence-electron chi connectivity index (χ3n) is 10.9. The molecule has 0 saturated carbocycles. The predicted octanol–water partition coefficient (Wildman–Crippen LogP) is 13.8. The molecule has 0 radical (unpaired) electrons. The Bertz CT molecular complexity index is 3230. The van der Waals surface area contributed by atoms with E-state index in [0.717, 1.165) is 83.4 Å². The molecule has 0 aliphatic heterocycles. The lowest BCUT2D eigenvalue weighted by molar-refractivity contribution is 0.669. The molecule has 3 aromatic heterocycles. The molecule has 4 heteroatoms. The largest absolute Gasteiger partial charge is 0.456 e. The van der Waals surface area contributed by atoms with Crippen molar-refractivity contribution in [2.75, 3.05) is 0 Å². The summed E-state index contributed by atoms with van der Waals surface area (Å²) in [7, 11) is 0. The average molecular weight is 716 g/mol. The fourth-order valence-corrected chi connectivity index (χ4v) is 8.24. The molecule has 0 spiro atoms. The summed E-state index contributed by atoms with van der Waals surface area (Å²) in [6.07, 6.45) is 0. The van der Waals surface area contributed by atoms with Gasteiger partial charge in [-0.05, 0) is 64.7 Å². The first-order valence-electron chi connectivity index (χ1n) is 18.9. The summed E-state index contributed by atoms with van der Waals surface area (Å²) in [4.78, 5) is 10.3. The molecule has 0 atom stereocenters. The van der Waals surface area contributed by atoms with Gasteiger partial charge in [0.05, 0.1) is 22.4 Å². The third kappa shape index (κ3) is 5.31. The van der Waals surface area contributed by atoms with Gasteiger partial charge in [-0.3, -0.25) is 0 Å². The van der Waals surface area contributed by atoms with Gasteiger partial charge in [0.25, 0.3) is 0 Å². The van der Waals surface area contributed by atoms with Crippen molar-refractivity contribution >= 4 is 43.7 Å². The van der Waals surface area contributed by atoms with Crippen molar-refractivity contribution in [3.8, 4) is 61.8 Å². The molecule has 0 amide bonds. The quantitative estimate of drug-likeness (QED) is 0.172. The van der Waals surface area contributed by atoms with Gasteiger partial charge in [0, 0.05) is 43.9 Å². The Morgan fingerprint density at radius 2 is 0.946 bits per heavy atom. The maximum Gasteiger partial charge on any atom is 0.160 e. The zero-order valence-electron chi connectivity index (χ0n) is 30.3. The molecule has 0 bridgehead atoms. The van der Waals surface area contributed by atoms with Crippen molar-refractivity contribution in [2.24, 2.45) is 0 Å². The van der Waals surface area contributed by atoms with Crippen molar-refractivity contribution in [1.82, 2.24) is 14.5 Å². The van der Waals surface area contributed by atoms with Gasteiger partial charge in [-0.2, -0.15) is 0 Å². The fourth-order valence-electron chi connectivity index (χ4n) is 8.24. The van der Waals surface area contributed by atoms with Crippen LogP contribution in [0.5, 0.6) is 0 Å². The van der Waals surface area contributed by atoms with Gasteiger partial charge >= 0.3 is 0 Å². The smallest absolute Gasteiger partial charge is 0.160 e. The number of hydrogen-bond donors (Lipinski definition) is 0. The number of hydrogen-bond acceptors (Lipinski definition) is 3. The predicted molar refractivity (Wildman–Crippen MR) is 231 cm³/mol. The highest BCUT2D eigenvalue weighted by atomic mass is 16.3. The van der Waals surface area contributed by atoms with Gasteiger partial charge in [-0.25, -0.2) is 9.97 Å². The van der Waals surface area contributed by atoms with Crippen LogP contribution >= 0.6 is 0 Å². The molecule has 0 unspecified atom stereocenters. The molecule has 56 heavy (non-hydrogen) atoms. The van der Waals surface area contributed by atoms with E-state index in [9.17, 15) is 0 Å². The van der Waals surface area contributed by atoms with Gasteiger partial charge < -0.3 is 8.98 Å². The van der Waals surface area contributed by atoms with Gasteiger partial charge in [-0.15, -0.1) is 0 Å². The SMILES string of the molecule is c1ccc(-c2nc(-c3ccc(-c4cccc5c4c4ccccc4n5-c4ccc5oc6ccccc6c5c4)cc3)cc(-c3ccccc3-c3ccccc3)n2)cc1. The molecular weight excluding hydrogens is 683 g/mol. The number of furan rings is 1. The lowest BCUT2D eigenvalue weighted by atomic mass is 9.96. The lowest BCUT2D eigenvalue weighted by Crippen LogP contribution is -1.97. The topological polar surface area (TPSA) is 43.9 Å². The maximum atomic E-state index is 6.18. The van der Waals surface area contributed by atoms with Crippen molar-refractivity contribution in [3.63, 3.8) is 0 Å². The number of rotatable bonds is 6. The van der Waals surface area contributed by atoms with Crippen LogP contribution in [0.2, 0.25) is 0 Å². The van der Waals surface area contributed by atoms with E-state index in [4.69, 9.17) is 14.4 Å².